The number of fused-ring (bicyclic) bond motifs is 3. The van der Waals surface area contributed by atoms with E-state index in [0.717, 1.165) is 22.3 Å². The number of nitrogens with zero attached hydrogens (tertiary/aromatic N) is 1. The van der Waals surface area contributed by atoms with Gasteiger partial charge in [0.1, 0.15) is 0 Å². The number of carbonyl (C=O) groups excluding carboxylic acids is 2. The molecule has 3 aromatic carbocycles. The van der Waals surface area contributed by atoms with Crippen LogP contribution in [0.5, 0.6) is 5.75 Å². The van der Waals surface area contributed by atoms with Gasteiger partial charge in [-0.3, -0.25) is 14.5 Å². The van der Waals surface area contributed by atoms with Crippen LogP contribution in [-0.2, 0) is 14.3 Å². The van der Waals surface area contributed by atoms with Crippen molar-refractivity contribution in [1.29, 1.82) is 0 Å². The molecule has 3 fully saturated rings. The van der Waals surface area contributed by atoms with Crippen molar-refractivity contribution in [1.82, 2.24) is 0 Å². The lowest BCUT2D eigenvalue weighted by molar-refractivity contribution is -0.274. The van der Waals surface area contributed by atoms with Crippen molar-refractivity contribution in [2.24, 2.45) is 23.7 Å². The second kappa shape index (κ2) is 9.20. The van der Waals surface area contributed by atoms with E-state index >= 15 is 0 Å². The number of phenols is 1. The molecule has 0 spiro atoms. The molecule has 3 aliphatic rings. The van der Waals surface area contributed by atoms with E-state index in [0.29, 0.717) is 11.3 Å². The minimum atomic E-state index is -1.86. The summed E-state index contributed by atoms with van der Waals surface area (Å²) in [5.74, 6) is -7.12. The lowest BCUT2D eigenvalue weighted by Gasteiger charge is -2.44. The molecule has 0 aromatic heterocycles. The summed E-state index contributed by atoms with van der Waals surface area (Å²) in [4.78, 5) is 28.4. The van der Waals surface area contributed by atoms with Gasteiger partial charge in [-0.05, 0) is 66.9 Å². The normalized spacial score (nSPS) is 30.3. The summed E-state index contributed by atoms with van der Waals surface area (Å²) in [6.45, 7) is -0.436. The Kier molecular flexibility index (Phi) is 5.94. The van der Waals surface area contributed by atoms with E-state index < -0.39 is 59.6 Å². The van der Waals surface area contributed by atoms with Crippen LogP contribution in [-0.4, -0.2) is 39.5 Å². The van der Waals surface area contributed by atoms with Gasteiger partial charge in [0.2, 0.25) is 11.8 Å². The number of aromatic hydroxyl groups is 1. The Labute approximate surface area is 218 Å². The zero-order valence-electron chi connectivity index (χ0n) is 20.3. The van der Waals surface area contributed by atoms with Crippen LogP contribution in [0.15, 0.2) is 72.8 Å². The van der Waals surface area contributed by atoms with E-state index in [1.165, 1.54) is 12.1 Å². The van der Waals surface area contributed by atoms with Crippen LogP contribution in [0.4, 0.5) is 21.5 Å². The summed E-state index contributed by atoms with van der Waals surface area (Å²) in [6, 6.07) is 20.4. The van der Waals surface area contributed by atoms with Crippen molar-refractivity contribution < 1.29 is 34.0 Å². The van der Waals surface area contributed by atoms with Crippen LogP contribution < -0.4 is 10.2 Å². The molecule has 2 saturated heterocycles. The van der Waals surface area contributed by atoms with Crippen LogP contribution in [0.25, 0.3) is 0 Å². The van der Waals surface area contributed by atoms with Gasteiger partial charge in [-0.1, -0.05) is 24.3 Å². The van der Waals surface area contributed by atoms with Crippen molar-refractivity contribution in [2.45, 2.75) is 24.7 Å². The molecular formula is C29H27FN2O6. The summed E-state index contributed by atoms with van der Waals surface area (Å²) in [7, 11) is 0. The molecule has 0 unspecified atom stereocenters. The molecule has 196 valence electrons. The minimum Gasteiger partial charge on any atom is -0.505 e. The quantitative estimate of drug-likeness (QED) is 0.379. The molecule has 1 aliphatic carbocycles. The fourth-order valence-electron chi connectivity index (χ4n) is 6.26. The predicted octanol–water partition coefficient (Wildman–Crippen LogP) is 3.86. The summed E-state index contributed by atoms with van der Waals surface area (Å²) in [5, 5.41) is 34.5. The van der Waals surface area contributed by atoms with Crippen LogP contribution in [0, 0.1) is 29.5 Å². The Hall–Kier alpha value is -3.79. The predicted molar refractivity (Wildman–Crippen MR) is 136 cm³/mol. The number of hydrogen-bond acceptors (Lipinski definition) is 7. The summed E-state index contributed by atoms with van der Waals surface area (Å²) in [6.07, 6.45) is -0.529. The van der Waals surface area contributed by atoms with Crippen LogP contribution in [0.1, 0.15) is 24.5 Å². The molecule has 2 amide bonds. The molecule has 6 rings (SSSR count). The maximum absolute atomic E-state index is 14.0. The van der Waals surface area contributed by atoms with Gasteiger partial charge < -0.3 is 25.4 Å². The Morgan fingerprint density at radius 3 is 2.37 bits per heavy atom. The fourth-order valence-corrected chi connectivity index (χ4v) is 6.26. The van der Waals surface area contributed by atoms with Gasteiger partial charge in [0.15, 0.2) is 17.4 Å². The lowest BCUT2D eigenvalue weighted by atomic mass is 9.64. The Morgan fingerprint density at radius 1 is 0.974 bits per heavy atom. The zero-order chi connectivity index (χ0) is 26.6. The molecular weight excluding hydrogens is 491 g/mol. The van der Waals surface area contributed by atoms with Gasteiger partial charge in [0.05, 0.1) is 30.2 Å². The number of aliphatic hydroxyl groups is 2. The van der Waals surface area contributed by atoms with Crippen LogP contribution >= 0.6 is 0 Å². The number of imide groups is 1. The highest BCUT2D eigenvalue weighted by atomic mass is 19.1. The molecule has 4 N–H and O–H groups in total. The number of benzene rings is 3. The molecule has 9 heteroatoms. The average molecular weight is 519 g/mol. The Morgan fingerprint density at radius 2 is 1.68 bits per heavy atom. The Bertz CT molecular complexity index is 1380. The minimum absolute atomic E-state index is 0.0829. The topological polar surface area (TPSA) is 119 Å². The van der Waals surface area contributed by atoms with Gasteiger partial charge in [0.25, 0.3) is 0 Å². The lowest BCUT2D eigenvalue weighted by Crippen LogP contribution is -2.54. The summed E-state index contributed by atoms with van der Waals surface area (Å²) in [5.41, 5.74) is 2.51. The van der Waals surface area contributed by atoms with E-state index in [1.807, 2.05) is 30.3 Å². The number of carbonyl (C=O) groups is 2. The smallest absolute Gasteiger partial charge is 0.238 e. The maximum atomic E-state index is 14.0. The molecule has 38 heavy (non-hydrogen) atoms. The van der Waals surface area contributed by atoms with E-state index in [9.17, 15) is 29.3 Å². The molecule has 8 nitrogen and oxygen atoms in total. The largest absolute Gasteiger partial charge is 0.505 e. The number of anilines is 3. The first-order chi connectivity index (χ1) is 18.3. The number of ether oxygens (including phenoxy) is 1. The number of aliphatic hydroxyl groups excluding tert-OH is 1. The highest BCUT2D eigenvalue weighted by Gasteiger charge is 2.66. The van der Waals surface area contributed by atoms with Gasteiger partial charge >= 0.3 is 0 Å². The van der Waals surface area contributed by atoms with Crippen molar-refractivity contribution in [2.75, 3.05) is 16.8 Å². The molecule has 6 atom stereocenters. The van der Waals surface area contributed by atoms with Crippen LogP contribution in [0.3, 0.4) is 0 Å². The summed E-state index contributed by atoms with van der Waals surface area (Å²) >= 11 is 0. The maximum Gasteiger partial charge on any atom is 0.238 e. The zero-order valence-corrected chi connectivity index (χ0v) is 20.3. The van der Waals surface area contributed by atoms with E-state index in [4.69, 9.17) is 4.74 Å². The van der Waals surface area contributed by atoms with Gasteiger partial charge in [-0.25, -0.2) is 4.39 Å². The SMILES string of the molecule is O=C1[C@H]2[C@H](C[C@H](CO)[C@@]3(O)O[C@H](c4ccc(O)c(F)c4)C[C@@H]23)C(=O)N1c1ccc(Nc2ccccc2)cc1. The summed E-state index contributed by atoms with van der Waals surface area (Å²) < 4.78 is 20.0. The van der Waals surface area contributed by atoms with E-state index in [2.05, 4.69) is 5.32 Å². The number of phenolic OH excluding ortho intramolecular Hbond substituents is 1. The highest BCUT2D eigenvalue weighted by Crippen LogP contribution is 2.58. The molecule has 2 aliphatic heterocycles. The first kappa shape index (κ1) is 24.5. The van der Waals surface area contributed by atoms with E-state index in [-0.39, 0.29) is 18.7 Å². The number of hydrogen-bond donors (Lipinski definition) is 4. The monoisotopic (exact) mass is 518 g/mol. The third kappa shape index (κ3) is 3.86. The number of nitrogens with one attached hydrogen (secondary N) is 1. The standard InChI is InChI=1S/C29H27FN2O6/c30-23-12-16(6-11-24(23)34)25-14-22-26-21(13-17(15-33)29(22,37)38-25)27(35)32(28(26)36)20-9-7-19(8-10-20)31-18-4-2-1-3-5-18/h1-12,17,21-22,25-26,31,33-34,37H,13-15H2/t17-,21+,22+,25+,26+,29-/m1/s1. The van der Waals surface area contributed by atoms with Gasteiger partial charge in [0, 0.05) is 23.2 Å². The van der Waals surface area contributed by atoms with E-state index in [1.54, 1.807) is 24.3 Å². The van der Waals surface area contributed by atoms with Crippen molar-refractivity contribution in [3.63, 3.8) is 0 Å². The second-order valence-electron chi connectivity index (χ2n) is 10.2. The molecule has 3 aromatic rings. The molecule has 0 bridgehead atoms. The molecule has 2 heterocycles. The third-order valence-corrected chi connectivity index (χ3v) is 8.12. The van der Waals surface area contributed by atoms with Crippen molar-refractivity contribution in [3.8, 4) is 5.75 Å². The third-order valence-electron chi connectivity index (χ3n) is 8.12. The number of amides is 2. The first-order valence-electron chi connectivity index (χ1n) is 12.6. The number of rotatable bonds is 5. The van der Waals surface area contributed by atoms with Crippen molar-refractivity contribution in [3.05, 3.63) is 84.2 Å². The Balaban J connectivity index is 1.28. The number of halogens is 1. The number of para-hydroxylation sites is 1. The molecule has 1 saturated carbocycles. The molecule has 0 radical (unpaired) electrons. The fraction of sp³-hybridized carbons (Fsp3) is 0.310. The average Bonchev–Trinajstić information content (AvgIpc) is 3.40. The van der Waals surface area contributed by atoms with Gasteiger partial charge in [-0.15, -0.1) is 0 Å². The van der Waals surface area contributed by atoms with Gasteiger partial charge in [-0.2, -0.15) is 0 Å². The highest BCUT2D eigenvalue weighted by molar-refractivity contribution is 6.22. The second-order valence-corrected chi connectivity index (χ2v) is 10.2. The first-order valence-corrected chi connectivity index (χ1v) is 12.6. The van der Waals surface area contributed by atoms with Crippen molar-refractivity contribution >= 4 is 28.9 Å². The van der Waals surface area contributed by atoms with Crippen LogP contribution in [0.2, 0.25) is 0 Å².